The highest BCUT2D eigenvalue weighted by Crippen LogP contribution is 2.36. The maximum atomic E-state index is 13.6. The molecule has 5 rings (SSSR count). The average molecular weight is 414 g/mol. The second kappa shape index (κ2) is 7.57. The molecule has 0 unspecified atom stereocenters. The summed E-state index contributed by atoms with van der Waals surface area (Å²) in [4.78, 5) is 22.7. The Balaban J connectivity index is 1.71. The quantitative estimate of drug-likeness (QED) is 0.494. The first kappa shape index (κ1) is 19.9. The summed E-state index contributed by atoms with van der Waals surface area (Å²) in [6.45, 7) is 3.81. The van der Waals surface area contributed by atoms with Crippen LogP contribution in [-0.4, -0.2) is 25.2 Å². The number of fused-ring (bicyclic) bond motifs is 3. The van der Waals surface area contributed by atoms with Gasteiger partial charge in [-0.15, -0.1) is 0 Å². The van der Waals surface area contributed by atoms with Crippen molar-refractivity contribution in [1.82, 2.24) is 14.5 Å². The normalized spacial score (nSPS) is 21.6. The second-order valence-corrected chi connectivity index (χ2v) is 9.04. The average Bonchev–Trinajstić information content (AvgIpc) is 2.76. The van der Waals surface area contributed by atoms with Crippen molar-refractivity contribution in [3.63, 3.8) is 0 Å². The van der Waals surface area contributed by atoms with E-state index in [-0.39, 0.29) is 11.6 Å². The highest BCUT2D eigenvalue weighted by molar-refractivity contribution is 6.06. The molecule has 0 spiro atoms. The number of nitrogens with zero attached hydrogens (tertiary/aromatic N) is 3. The van der Waals surface area contributed by atoms with Gasteiger partial charge in [-0.05, 0) is 61.8 Å². The lowest BCUT2D eigenvalue weighted by molar-refractivity contribution is -0.0262. The van der Waals surface area contributed by atoms with Gasteiger partial charge < -0.3 is 5.11 Å². The lowest BCUT2D eigenvalue weighted by Gasteiger charge is -2.38. The van der Waals surface area contributed by atoms with Gasteiger partial charge in [0.1, 0.15) is 0 Å². The van der Waals surface area contributed by atoms with E-state index in [2.05, 4.69) is 17.1 Å². The zero-order valence-corrected chi connectivity index (χ0v) is 18.0. The number of benzene rings is 2. The molecule has 0 radical (unpaired) electrons. The Morgan fingerprint density at radius 1 is 1.10 bits per heavy atom. The van der Waals surface area contributed by atoms with Crippen molar-refractivity contribution < 1.29 is 5.11 Å². The van der Waals surface area contributed by atoms with Gasteiger partial charge in [0.05, 0.1) is 28.9 Å². The predicted octanol–water partition coefficient (Wildman–Crippen LogP) is 4.71. The Bertz CT molecular complexity index is 1320. The van der Waals surface area contributed by atoms with Crippen molar-refractivity contribution in [3.8, 4) is 0 Å². The van der Waals surface area contributed by atoms with Crippen LogP contribution in [0.5, 0.6) is 0 Å². The summed E-state index contributed by atoms with van der Waals surface area (Å²) in [6, 6.07) is 14.0. The summed E-state index contributed by atoms with van der Waals surface area (Å²) < 4.78 is 1.66. The molecule has 4 aromatic rings. The minimum absolute atomic E-state index is 0.0776. The van der Waals surface area contributed by atoms with Crippen LogP contribution in [0.4, 0.5) is 0 Å². The van der Waals surface area contributed by atoms with E-state index in [0.717, 1.165) is 52.4 Å². The molecule has 158 valence electrons. The number of pyridine rings is 1. The first-order chi connectivity index (χ1) is 14.9. The van der Waals surface area contributed by atoms with E-state index in [1.165, 1.54) is 0 Å². The third-order valence-electron chi connectivity index (χ3n) is 6.71. The molecule has 1 fully saturated rings. The highest BCUT2D eigenvalue weighted by atomic mass is 16.3. The molecule has 31 heavy (non-hydrogen) atoms. The third kappa shape index (κ3) is 3.53. The topological polar surface area (TPSA) is 68.0 Å². The van der Waals surface area contributed by atoms with Crippen LogP contribution in [0, 0.1) is 6.92 Å². The fourth-order valence-electron chi connectivity index (χ4n) is 4.98. The van der Waals surface area contributed by atoms with Gasteiger partial charge in [-0.3, -0.25) is 14.3 Å². The van der Waals surface area contributed by atoms with E-state index in [0.29, 0.717) is 18.2 Å². The summed E-state index contributed by atoms with van der Waals surface area (Å²) in [7, 11) is 0. The van der Waals surface area contributed by atoms with Crippen LogP contribution in [0.25, 0.3) is 21.7 Å². The number of aliphatic hydroxyl groups is 1. The van der Waals surface area contributed by atoms with Gasteiger partial charge in [0.15, 0.2) is 0 Å². The Labute approximate surface area is 181 Å². The van der Waals surface area contributed by atoms with E-state index in [1.54, 1.807) is 10.9 Å². The molecule has 1 saturated carbocycles. The van der Waals surface area contributed by atoms with E-state index >= 15 is 0 Å². The second-order valence-electron chi connectivity index (χ2n) is 9.04. The van der Waals surface area contributed by atoms with Gasteiger partial charge in [-0.25, -0.2) is 4.98 Å². The van der Waals surface area contributed by atoms with Crippen LogP contribution >= 0.6 is 0 Å². The van der Waals surface area contributed by atoms with Gasteiger partial charge in [-0.2, -0.15) is 0 Å². The van der Waals surface area contributed by atoms with Gasteiger partial charge in [0.2, 0.25) is 0 Å². The van der Waals surface area contributed by atoms with Crippen molar-refractivity contribution in [2.24, 2.45) is 0 Å². The van der Waals surface area contributed by atoms with Crippen molar-refractivity contribution in [3.05, 3.63) is 82.2 Å². The van der Waals surface area contributed by atoms with Gasteiger partial charge in [0, 0.05) is 17.3 Å². The number of rotatable bonds is 3. The molecule has 2 aromatic heterocycles. The lowest BCUT2D eigenvalue weighted by Crippen LogP contribution is -2.43. The first-order valence-electron chi connectivity index (χ1n) is 11.0. The third-order valence-corrected chi connectivity index (χ3v) is 6.71. The Hall–Kier alpha value is -3.05. The van der Waals surface area contributed by atoms with Gasteiger partial charge in [0.25, 0.3) is 5.56 Å². The Morgan fingerprint density at radius 2 is 1.90 bits per heavy atom. The fraction of sp³-hybridized carbons (Fsp3) is 0.346. The molecule has 5 heteroatoms. The summed E-state index contributed by atoms with van der Waals surface area (Å²) in [5, 5.41) is 13.6. The van der Waals surface area contributed by atoms with Crippen molar-refractivity contribution >= 4 is 21.7 Å². The molecule has 0 amide bonds. The van der Waals surface area contributed by atoms with Crippen molar-refractivity contribution in [2.45, 2.75) is 57.6 Å². The van der Waals surface area contributed by atoms with E-state index in [4.69, 9.17) is 4.98 Å². The molecule has 1 N–H and O–H groups in total. The standard InChI is InChI=1S/C26H27N3O2/c1-17-10-11-18(15-27-17)13-19-14-22-24(21-8-4-3-7-20(19)21)28-16-29(25(22)30)23-9-5-6-12-26(23,2)31/h3-4,7-8,10-11,14-16,23,31H,5-6,9,12-13H2,1-2H3/t23-,26-/m0/s1. The highest BCUT2D eigenvalue weighted by Gasteiger charge is 2.36. The smallest absolute Gasteiger partial charge is 0.261 e. The van der Waals surface area contributed by atoms with E-state index in [9.17, 15) is 9.90 Å². The van der Waals surface area contributed by atoms with Crippen LogP contribution in [0.2, 0.25) is 0 Å². The van der Waals surface area contributed by atoms with Gasteiger partial charge >= 0.3 is 0 Å². The van der Waals surface area contributed by atoms with Crippen LogP contribution < -0.4 is 5.56 Å². The number of hydrogen-bond donors (Lipinski definition) is 1. The van der Waals surface area contributed by atoms with Crippen LogP contribution in [-0.2, 0) is 6.42 Å². The molecule has 2 aromatic carbocycles. The molecule has 1 aliphatic rings. The largest absolute Gasteiger partial charge is 0.388 e. The van der Waals surface area contributed by atoms with E-state index in [1.807, 2.05) is 50.4 Å². The summed E-state index contributed by atoms with van der Waals surface area (Å²) in [5.41, 5.74) is 2.92. The minimum atomic E-state index is -0.898. The summed E-state index contributed by atoms with van der Waals surface area (Å²) in [6.07, 6.45) is 7.70. The van der Waals surface area contributed by atoms with Crippen LogP contribution in [0.1, 0.15) is 55.5 Å². The molecule has 2 atom stereocenters. The number of hydrogen-bond acceptors (Lipinski definition) is 4. The van der Waals surface area contributed by atoms with E-state index < -0.39 is 5.60 Å². The molecule has 5 nitrogen and oxygen atoms in total. The molecule has 0 bridgehead atoms. The molecular weight excluding hydrogens is 386 g/mol. The zero-order valence-electron chi connectivity index (χ0n) is 18.0. The molecule has 0 aliphatic heterocycles. The first-order valence-corrected chi connectivity index (χ1v) is 11.0. The Kier molecular flexibility index (Phi) is 4.86. The molecule has 1 aliphatic carbocycles. The molecule has 2 heterocycles. The van der Waals surface area contributed by atoms with Crippen LogP contribution in [0.15, 0.2) is 59.8 Å². The summed E-state index contributed by atoms with van der Waals surface area (Å²) in [5.74, 6) is 0. The van der Waals surface area contributed by atoms with Crippen LogP contribution in [0.3, 0.4) is 0 Å². The monoisotopic (exact) mass is 413 g/mol. The van der Waals surface area contributed by atoms with Crippen molar-refractivity contribution in [1.29, 1.82) is 0 Å². The SMILES string of the molecule is Cc1ccc(Cc2cc3c(=O)n([C@H]4CCCC[C@]4(C)O)cnc3c3ccccc23)cn1. The Morgan fingerprint density at radius 3 is 2.65 bits per heavy atom. The summed E-state index contributed by atoms with van der Waals surface area (Å²) >= 11 is 0. The molecule has 0 saturated heterocycles. The number of aryl methyl sites for hydroxylation is 1. The lowest BCUT2D eigenvalue weighted by atomic mass is 9.81. The van der Waals surface area contributed by atoms with Gasteiger partial charge in [-0.1, -0.05) is 43.2 Å². The maximum absolute atomic E-state index is 13.6. The zero-order chi connectivity index (χ0) is 21.6. The fourth-order valence-corrected chi connectivity index (χ4v) is 4.98. The van der Waals surface area contributed by atoms with Crippen molar-refractivity contribution in [2.75, 3.05) is 0 Å². The number of aromatic nitrogens is 3. The maximum Gasteiger partial charge on any atom is 0.261 e. The molecular formula is C26H27N3O2. The predicted molar refractivity (Wildman–Crippen MR) is 123 cm³/mol. The minimum Gasteiger partial charge on any atom is -0.388 e.